The molecule has 0 saturated heterocycles. The molecule has 6 nitrogen and oxygen atoms in total. The molecule has 0 aliphatic heterocycles. The van der Waals surface area contributed by atoms with Gasteiger partial charge in [-0.05, 0) is 26.0 Å². The number of rotatable bonds is 4. The van der Waals surface area contributed by atoms with Gasteiger partial charge in [0.15, 0.2) is 5.69 Å². The summed E-state index contributed by atoms with van der Waals surface area (Å²) in [5, 5.41) is 13.2. The zero-order valence-electron chi connectivity index (χ0n) is 13.6. The average Bonchev–Trinajstić information content (AvgIpc) is 3.05. The van der Waals surface area contributed by atoms with Gasteiger partial charge in [-0.15, -0.1) is 11.3 Å². The Morgan fingerprint density at radius 3 is 2.52 bits per heavy atom. The van der Waals surface area contributed by atoms with E-state index >= 15 is 0 Å². The highest BCUT2D eigenvalue weighted by molar-refractivity contribution is 7.13. The molecule has 0 fully saturated rings. The third kappa shape index (κ3) is 3.72. The van der Waals surface area contributed by atoms with Crippen LogP contribution in [0.1, 0.15) is 21.6 Å². The van der Waals surface area contributed by atoms with Gasteiger partial charge in [-0.3, -0.25) is 10.1 Å². The normalized spacial score (nSPS) is 10.5. The second kappa shape index (κ2) is 6.82. The van der Waals surface area contributed by atoms with Gasteiger partial charge in [-0.25, -0.2) is 9.78 Å². The van der Waals surface area contributed by atoms with E-state index in [1.54, 1.807) is 12.3 Å². The van der Waals surface area contributed by atoms with E-state index < -0.39 is 10.9 Å². The van der Waals surface area contributed by atoms with Crippen LogP contribution in [0.15, 0.2) is 47.8 Å². The quantitative estimate of drug-likeness (QED) is 0.297. The van der Waals surface area contributed by atoms with E-state index in [9.17, 15) is 14.9 Å². The molecule has 0 radical (unpaired) electrons. The molecule has 0 spiro atoms. The Hall–Kier alpha value is -3.06. The number of esters is 1. The minimum absolute atomic E-state index is 0.0184. The highest BCUT2D eigenvalue weighted by Gasteiger charge is 2.16. The summed E-state index contributed by atoms with van der Waals surface area (Å²) in [6.07, 6.45) is 0. The van der Waals surface area contributed by atoms with E-state index in [-0.39, 0.29) is 17.1 Å². The fraction of sp³-hybridized carbons (Fsp3) is 0.111. The molecular weight excluding hydrogens is 340 g/mol. The molecule has 25 heavy (non-hydrogen) atoms. The molecule has 0 aliphatic carbocycles. The smallest absolute Gasteiger partial charge is 0.363 e. The predicted molar refractivity (Wildman–Crippen MR) is 95.1 cm³/mol. The topological polar surface area (TPSA) is 82.3 Å². The first kappa shape index (κ1) is 16.8. The molecule has 0 N–H and O–H groups in total. The zero-order valence-corrected chi connectivity index (χ0v) is 14.4. The van der Waals surface area contributed by atoms with Gasteiger partial charge < -0.3 is 4.74 Å². The molecule has 7 heteroatoms. The van der Waals surface area contributed by atoms with Gasteiger partial charge in [-0.1, -0.05) is 29.8 Å². The lowest BCUT2D eigenvalue weighted by Gasteiger charge is -2.04. The van der Waals surface area contributed by atoms with Crippen molar-refractivity contribution in [1.29, 1.82) is 0 Å². The Morgan fingerprint density at radius 2 is 1.88 bits per heavy atom. The van der Waals surface area contributed by atoms with Gasteiger partial charge in [-0.2, -0.15) is 0 Å². The largest absolute Gasteiger partial charge is 0.422 e. The molecular formula is C18H14N2O4S. The number of aromatic nitrogens is 1. The van der Waals surface area contributed by atoms with Gasteiger partial charge in [0.05, 0.1) is 4.92 Å². The molecule has 126 valence electrons. The highest BCUT2D eigenvalue weighted by atomic mass is 32.1. The number of carbonyl (C=O) groups is 1. The standard InChI is InChI=1S/C18H14N2O4S/c1-11-3-5-13(6-4-11)17-19-15(10-25-17)18(21)24-14-7-8-16(20(22)23)12(2)9-14/h3-10H,1-2H3. The van der Waals surface area contributed by atoms with E-state index in [1.165, 1.54) is 29.5 Å². The second-order valence-corrected chi connectivity index (χ2v) is 6.36. The van der Waals surface area contributed by atoms with Crippen molar-refractivity contribution in [3.8, 4) is 16.3 Å². The summed E-state index contributed by atoms with van der Waals surface area (Å²) in [5.74, 6) is -0.346. The maximum atomic E-state index is 12.2. The Balaban J connectivity index is 1.77. The monoisotopic (exact) mass is 354 g/mol. The lowest BCUT2D eigenvalue weighted by atomic mass is 10.2. The van der Waals surface area contributed by atoms with Gasteiger partial charge in [0.1, 0.15) is 10.8 Å². The minimum Gasteiger partial charge on any atom is -0.422 e. The minimum atomic E-state index is -0.595. The van der Waals surface area contributed by atoms with Crippen LogP contribution < -0.4 is 4.74 Å². The molecule has 3 aromatic rings. The Morgan fingerprint density at radius 1 is 1.16 bits per heavy atom. The fourth-order valence-electron chi connectivity index (χ4n) is 2.25. The van der Waals surface area contributed by atoms with E-state index in [1.807, 2.05) is 31.2 Å². The third-order valence-electron chi connectivity index (χ3n) is 3.59. The number of thiazole rings is 1. The van der Waals surface area contributed by atoms with Crippen molar-refractivity contribution >= 4 is 23.0 Å². The molecule has 0 aliphatic rings. The lowest BCUT2D eigenvalue weighted by Crippen LogP contribution is -2.09. The first-order valence-corrected chi connectivity index (χ1v) is 8.32. The average molecular weight is 354 g/mol. The second-order valence-electron chi connectivity index (χ2n) is 5.50. The van der Waals surface area contributed by atoms with Crippen molar-refractivity contribution in [3.05, 3.63) is 74.8 Å². The number of carbonyl (C=O) groups excluding carboxylic acids is 1. The van der Waals surface area contributed by atoms with Gasteiger partial charge in [0.2, 0.25) is 0 Å². The summed E-state index contributed by atoms with van der Waals surface area (Å²) in [6.45, 7) is 3.59. The lowest BCUT2D eigenvalue weighted by molar-refractivity contribution is -0.385. The van der Waals surface area contributed by atoms with Gasteiger partial charge in [0, 0.05) is 22.6 Å². The number of hydrogen-bond acceptors (Lipinski definition) is 6. The molecule has 3 rings (SSSR count). The van der Waals surface area contributed by atoms with Crippen LogP contribution in [0.5, 0.6) is 5.75 Å². The number of aryl methyl sites for hydroxylation is 2. The highest BCUT2D eigenvalue weighted by Crippen LogP contribution is 2.26. The van der Waals surface area contributed by atoms with E-state index in [4.69, 9.17) is 4.74 Å². The summed E-state index contributed by atoms with van der Waals surface area (Å²) < 4.78 is 5.27. The van der Waals surface area contributed by atoms with Crippen LogP contribution >= 0.6 is 11.3 Å². The van der Waals surface area contributed by atoms with Crippen molar-refractivity contribution in [3.63, 3.8) is 0 Å². The van der Waals surface area contributed by atoms with Gasteiger partial charge >= 0.3 is 5.97 Å². The molecule has 1 heterocycles. The number of nitro benzene ring substituents is 1. The third-order valence-corrected chi connectivity index (χ3v) is 4.48. The number of ether oxygens (including phenoxy) is 1. The van der Waals surface area contributed by atoms with Crippen LogP contribution in [0.25, 0.3) is 10.6 Å². The maximum absolute atomic E-state index is 12.2. The number of nitro groups is 1. The number of nitrogens with zero attached hydrogens (tertiary/aromatic N) is 2. The van der Waals surface area contributed by atoms with Crippen LogP contribution in [0.4, 0.5) is 5.69 Å². The number of hydrogen-bond donors (Lipinski definition) is 0. The van der Waals surface area contributed by atoms with Crippen molar-refractivity contribution < 1.29 is 14.5 Å². The summed E-state index contributed by atoms with van der Waals surface area (Å²) in [5.41, 5.74) is 2.69. The van der Waals surface area contributed by atoms with E-state index in [0.717, 1.165) is 16.1 Å². The molecule has 2 aromatic carbocycles. The molecule has 0 atom stereocenters. The Bertz CT molecular complexity index is 948. The van der Waals surface area contributed by atoms with Crippen molar-refractivity contribution in [1.82, 2.24) is 4.98 Å². The Kier molecular flexibility index (Phi) is 4.58. The maximum Gasteiger partial charge on any atom is 0.363 e. The zero-order chi connectivity index (χ0) is 18.0. The van der Waals surface area contributed by atoms with E-state index in [2.05, 4.69) is 4.98 Å². The SMILES string of the molecule is Cc1ccc(-c2nc(C(=O)Oc3ccc([N+](=O)[O-])c(C)c3)cs2)cc1. The van der Waals surface area contributed by atoms with Crippen molar-refractivity contribution in [2.75, 3.05) is 0 Å². The predicted octanol–water partition coefficient (Wildman–Crippen LogP) is 4.55. The summed E-state index contributed by atoms with van der Waals surface area (Å²) in [6, 6.07) is 12.0. The first-order chi connectivity index (χ1) is 11.9. The molecule has 0 unspecified atom stereocenters. The van der Waals surface area contributed by atoms with Crippen LogP contribution in [0, 0.1) is 24.0 Å². The summed E-state index contributed by atoms with van der Waals surface area (Å²) in [7, 11) is 0. The van der Waals surface area contributed by atoms with Gasteiger partial charge in [0.25, 0.3) is 5.69 Å². The van der Waals surface area contributed by atoms with Crippen LogP contribution in [0.3, 0.4) is 0 Å². The van der Waals surface area contributed by atoms with Crippen molar-refractivity contribution in [2.45, 2.75) is 13.8 Å². The van der Waals surface area contributed by atoms with Crippen LogP contribution in [0.2, 0.25) is 0 Å². The van der Waals surface area contributed by atoms with Crippen LogP contribution in [-0.2, 0) is 0 Å². The molecule has 1 aromatic heterocycles. The number of benzene rings is 2. The molecule has 0 bridgehead atoms. The van der Waals surface area contributed by atoms with Crippen LogP contribution in [-0.4, -0.2) is 15.9 Å². The van der Waals surface area contributed by atoms with E-state index in [0.29, 0.717) is 5.56 Å². The fourth-order valence-corrected chi connectivity index (χ4v) is 3.05. The molecule has 0 saturated carbocycles. The summed E-state index contributed by atoms with van der Waals surface area (Å²) in [4.78, 5) is 26.9. The summed E-state index contributed by atoms with van der Waals surface area (Å²) >= 11 is 1.36. The first-order valence-electron chi connectivity index (χ1n) is 7.44. The molecule has 0 amide bonds. The Labute approximate surface area is 147 Å². The van der Waals surface area contributed by atoms with Crippen molar-refractivity contribution in [2.24, 2.45) is 0 Å².